The molecule has 0 aliphatic rings. The fraction of sp³-hybridized carbons (Fsp3) is 0.500. The van der Waals surface area contributed by atoms with Crippen molar-refractivity contribution >= 4 is 5.97 Å². The fourth-order valence-corrected chi connectivity index (χ4v) is 2.57. The van der Waals surface area contributed by atoms with Gasteiger partial charge in [-0.2, -0.15) is 5.10 Å². The Balaban J connectivity index is 1.88. The molecule has 5 heteroatoms. The SMILES string of the molecule is Cc1nn(CC(C)C)c(C)c1CCC(=O)OCc1cccnc1. The van der Waals surface area contributed by atoms with E-state index in [9.17, 15) is 4.79 Å². The first kappa shape index (κ1) is 17.2. The first-order valence-corrected chi connectivity index (χ1v) is 8.04. The van der Waals surface area contributed by atoms with Gasteiger partial charge in [0.25, 0.3) is 0 Å². The van der Waals surface area contributed by atoms with Crippen molar-refractivity contribution < 1.29 is 9.53 Å². The largest absolute Gasteiger partial charge is 0.461 e. The topological polar surface area (TPSA) is 57.0 Å². The van der Waals surface area contributed by atoms with E-state index in [4.69, 9.17) is 4.74 Å². The molecule has 124 valence electrons. The molecule has 2 rings (SSSR count). The molecule has 0 amide bonds. The van der Waals surface area contributed by atoms with Crippen molar-refractivity contribution in [3.05, 3.63) is 47.0 Å². The Hall–Kier alpha value is -2.17. The summed E-state index contributed by atoms with van der Waals surface area (Å²) >= 11 is 0. The zero-order valence-corrected chi connectivity index (χ0v) is 14.4. The van der Waals surface area contributed by atoms with Crippen LogP contribution in [0.1, 0.15) is 42.8 Å². The molecule has 2 aromatic heterocycles. The molecule has 0 bridgehead atoms. The molecule has 0 saturated heterocycles. The number of hydrogen-bond acceptors (Lipinski definition) is 4. The van der Waals surface area contributed by atoms with Gasteiger partial charge in [0.2, 0.25) is 0 Å². The van der Waals surface area contributed by atoms with Gasteiger partial charge >= 0.3 is 5.97 Å². The van der Waals surface area contributed by atoms with Crippen molar-refractivity contribution in [1.29, 1.82) is 0 Å². The summed E-state index contributed by atoms with van der Waals surface area (Å²) in [5, 5.41) is 4.58. The molecule has 0 aromatic carbocycles. The predicted octanol–water partition coefficient (Wildman–Crippen LogP) is 3.23. The van der Waals surface area contributed by atoms with Gasteiger partial charge in [0.1, 0.15) is 6.61 Å². The predicted molar refractivity (Wildman–Crippen MR) is 88.9 cm³/mol. The maximum absolute atomic E-state index is 11.9. The van der Waals surface area contributed by atoms with Crippen molar-refractivity contribution in [3.8, 4) is 0 Å². The third-order valence-electron chi connectivity index (χ3n) is 3.77. The molecule has 0 aliphatic heterocycles. The lowest BCUT2D eigenvalue weighted by molar-refractivity contribution is -0.144. The molecule has 0 saturated carbocycles. The lowest BCUT2D eigenvalue weighted by Crippen LogP contribution is -2.09. The van der Waals surface area contributed by atoms with E-state index in [2.05, 4.69) is 30.9 Å². The molecule has 0 N–H and O–H groups in total. The second-order valence-electron chi connectivity index (χ2n) is 6.25. The average molecular weight is 315 g/mol. The number of rotatable bonds is 7. The van der Waals surface area contributed by atoms with Crippen LogP contribution < -0.4 is 0 Å². The minimum atomic E-state index is -0.190. The molecular weight excluding hydrogens is 290 g/mol. The summed E-state index contributed by atoms with van der Waals surface area (Å²) in [5.41, 5.74) is 4.21. The van der Waals surface area contributed by atoms with Gasteiger partial charge in [0, 0.05) is 36.6 Å². The summed E-state index contributed by atoms with van der Waals surface area (Å²) in [4.78, 5) is 15.9. The quantitative estimate of drug-likeness (QED) is 0.736. The molecule has 2 heterocycles. The van der Waals surface area contributed by atoms with Crippen molar-refractivity contribution in [2.24, 2.45) is 5.92 Å². The van der Waals surface area contributed by atoms with Gasteiger partial charge in [-0.05, 0) is 37.8 Å². The Labute approximate surface area is 137 Å². The van der Waals surface area contributed by atoms with Gasteiger partial charge in [-0.1, -0.05) is 19.9 Å². The molecule has 0 spiro atoms. The number of nitrogens with zero attached hydrogens (tertiary/aromatic N) is 3. The normalized spacial score (nSPS) is 11.0. The molecule has 0 atom stereocenters. The summed E-state index contributed by atoms with van der Waals surface area (Å²) in [6.07, 6.45) is 4.44. The van der Waals surface area contributed by atoms with Gasteiger partial charge in [0.15, 0.2) is 0 Å². The Bertz CT molecular complexity index is 648. The van der Waals surface area contributed by atoms with E-state index in [1.807, 2.05) is 23.7 Å². The Kier molecular flexibility index (Phi) is 5.90. The molecule has 0 unspecified atom stereocenters. The van der Waals surface area contributed by atoms with E-state index >= 15 is 0 Å². The van der Waals surface area contributed by atoms with Crippen LogP contribution in [0.2, 0.25) is 0 Å². The number of hydrogen-bond donors (Lipinski definition) is 0. The smallest absolute Gasteiger partial charge is 0.306 e. The monoisotopic (exact) mass is 315 g/mol. The Morgan fingerprint density at radius 3 is 2.78 bits per heavy atom. The number of aromatic nitrogens is 3. The van der Waals surface area contributed by atoms with Crippen LogP contribution in [0.25, 0.3) is 0 Å². The highest BCUT2D eigenvalue weighted by molar-refractivity contribution is 5.69. The molecule has 23 heavy (non-hydrogen) atoms. The maximum atomic E-state index is 11.9. The van der Waals surface area contributed by atoms with Crippen molar-refractivity contribution in [3.63, 3.8) is 0 Å². The van der Waals surface area contributed by atoms with Crippen LogP contribution in [0.5, 0.6) is 0 Å². The van der Waals surface area contributed by atoms with Gasteiger partial charge in [0.05, 0.1) is 5.69 Å². The second-order valence-corrected chi connectivity index (χ2v) is 6.25. The number of carbonyl (C=O) groups is 1. The number of esters is 1. The molecule has 0 aliphatic carbocycles. The fourth-order valence-electron chi connectivity index (χ4n) is 2.57. The molecular formula is C18H25N3O2. The van der Waals surface area contributed by atoms with Gasteiger partial charge in [-0.15, -0.1) is 0 Å². The lowest BCUT2D eigenvalue weighted by Gasteiger charge is -2.08. The van der Waals surface area contributed by atoms with E-state index < -0.39 is 0 Å². The van der Waals surface area contributed by atoms with E-state index in [0.717, 1.165) is 29.1 Å². The first-order chi connectivity index (χ1) is 11.0. The number of ether oxygens (including phenoxy) is 1. The number of aryl methyl sites for hydroxylation is 1. The number of pyridine rings is 1. The molecule has 0 fully saturated rings. The van der Waals surface area contributed by atoms with Crippen molar-refractivity contribution in [2.75, 3.05) is 0 Å². The zero-order valence-electron chi connectivity index (χ0n) is 14.4. The van der Waals surface area contributed by atoms with Gasteiger partial charge in [-0.3, -0.25) is 14.5 Å². The summed E-state index contributed by atoms with van der Waals surface area (Å²) in [6.45, 7) is 9.59. The standard InChI is InChI=1S/C18H25N3O2/c1-13(2)11-21-15(4)17(14(3)20-21)7-8-18(22)23-12-16-6-5-9-19-10-16/h5-6,9-10,13H,7-8,11-12H2,1-4H3. The van der Waals surface area contributed by atoms with Gasteiger partial charge < -0.3 is 4.74 Å². The zero-order chi connectivity index (χ0) is 16.8. The van der Waals surface area contributed by atoms with E-state index in [1.54, 1.807) is 12.4 Å². The minimum Gasteiger partial charge on any atom is -0.461 e. The highest BCUT2D eigenvalue weighted by Gasteiger charge is 2.14. The highest BCUT2D eigenvalue weighted by Crippen LogP contribution is 2.17. The molecule has 5 nitrogen and oxygen atoms in total. The Morgan fingerprint density at radius 1 is 1.35 bits per heavy atom. The van der Waals surface area contributed by atoms with Crippen LogP contribution in [0, 0.1) is 19.8 Å². The molecule has 2 aromatic rings. The van der Waals surface area contributed by atoms with Gasteiger partial charge in [-0.25, -0.2) is 0 Å². The summed E-state index contributed by atoms with van der Waals surface area (Å²) < 4.78 is 7.33. The summed E-state index contributed by atoms with van der Waals surface area (Å²) in [7, 11) is 0. The van der Waals surface area contributed by atoms with Crippen LogP contribution in [0.15, 0.2) is 24.5 Å². The van der Waals surface area contributed by atoms with Crippen LogP contribution in [-0.4, -0.2) is 20.7 Å². The lowest BCUT2D eigenvalue weighted by atomic mass is 10.1. The summed E-state index contributed by atoms with van der Waals surface area (Å²) in [5.74, 6) is 0.356. The second kappa shape index (κ2) is 7.90. The van der Waals surface area contributed by atoms with E-state index in [1.165, 1.54) is 0 Å². The van der Waals surface area contributed by atoms with Crippen LogP contribution in [0.3, 0.4) is 0 Å². The van der Waals surface area contributed by atoms with E-state index in [0.29, 0.717) is 18.8 Å². The Morgan fingerprint density at radius 2 is 2.13 bits per heavy atom. The average Bonchev–Trinajstić information content (AvgIpc) is 2.77. The van der Waals surface area contributed by atoms with Crippen LogP contribution in [-0.2, 0) is 29.1 Å². The minimum absolute atomic E-state index is 0.190. The third kappa shape index (κ3) is 4.91. The molecule has 0 radical (unpaired) electrons. The van der Waals surface area contributed by atoms with E-state index in [-0.39, 0.29) is 12.6 Å². The third-order valence-corrected chi connectivity index (χ3v) is 3.77. The van der Waals surface area contributed by atoms with Crippen LogP contribution in [0.4, 0.5) is 0 Å². The maximum Gasteiger partial charge on any atom is 0.306 e. The first-order valence-electron chi connectivity index (χ1n) is 8.04. The number of carbonyl (C=O) groups excluding carboxylic acids is 1. The summed E-state index contributed by atoms with van der Waals surface area (Å²) in [6, 6.07) is 3.73. The van der Waals surface area contributed by atoms with Crippen molar-refractivity contribution in [1.82, 2.24) is 14.8 Å². The highest BCUT2D eigenvalue weighted by atomic mass is 16.5. The van der Waals surface area contributed by atoms with Crippen molar-refractivity contribution in [2.45, 2.75) is 53.7 Å². The van der Waals surface area contributed by atoms with Crippen LogP contribution >= 0.6 is 0 Å².